The second kappa shape index (κ2) is 6.21. The van der Waals surface area contributed by atoms with Crippen LogP contribution in [0.1, 0.15) is 24.1 Å². The summed E-state index contributed by atoms with van der Waals surface area (Å²) in [5, 5.41) is 3.14. The average molecular weight is 327 g/mol. The fourth-order valence-corrected chi connectivity index (χ4v) is 2.32. The van der Waals surface area contributed by atoms with Crippen molar-refractivity contribution in [3.63, 3.8) is 0 Å². The molecular weight excluding hydrogens is 314 g/mol. The lowest BCUT2D eigenvalue weighted by Crippen LogP contribution is -2.23. The van der Waals surface area contributed by atoms with Crippen molar-refractivity contribution in [1.29, 1.82) is 0 Å². The van der Waals surface area contributed by atoms with Crippen molar-refractivity contribution in [3.8, 4) is 0 Å². The molecule has 1 atom stereocenters. The third kappa shape index (κ3) is 3.16. The van der Waals surface area contributed by atoms with E-state index >= 15 is 0 Å². The van der Waals surface area contributed by atoms with E-state index in [4.69, 9.17) is 0 Å². The van der Waals surface area contributed by atoms with Gasteiger partial charge in [-0.25, -0.2) is 8.78 Å². The minimum absolute atomic E-state index is 0.349. The number of pyridine rings is 1. The van der Waals surface area contributed by atoms with Crippen LogP contribution in [-0.2, 0) is 0 Å². The van der Waals surface area contributed by atoms with E-state index in [2.05, 4.69) is 26.2 Å². The van der Waals surface area contributed by atoms with Gasteiger partial charge >= 0.3 is 0 Å². The van der Waals surface area contributed by atoms with Crippen molar-refractivity contribution in [2.24, 2.45) is 0 Å². The third-order valence-corrected chi connectivity index (χ3v) is 3.37. The first-order valence-electron chi connectivity index (χ1n) is 5.91. The molecular formula is C14H13BrF2N2. The highest BCUT2D eigenvalue weighted by Crippen LogP contribution is 2.28. The molecule has 2 nitrogen and oxygen atoms in total. The SMILES string of the molecule is CCNC(c1cncc(F)c1)c1cccc(Br)c1F. The summed E-state index contributed by atoms with van der Waals surface area (Å²) in [5.74, 6) is -0.784. The summed E-state index contributed by atoms with van der Waals surface area (Å²) >= 11 is 3.16. The molecule has 2 rings (SSSR count). The third-order valence-electron chi connectivity index (χ3n) is 2.76. The molecule has 1 N–H and O–H groups in total. The molecule has 1 aromatic carbocycles. The Labute approximate surface area is 119 Å². The van der Waals surface area contributed by atoms with E-state index in [1.807, 2.05) is 6.92 Å². The van der Waals surface area contributed by atoms with Crippen LogP contribution in [-0.4, -0.2) is 11.5 Å². The van der Waals surface area contributed by atoms with E-state index in [0.717, 1.165) is 6.20 Å². The van der Waals surface area contributed by atoms with Gasteiger partial charge < -0.3 is 5.32 Å². The number of halogens is 3. The number of nitrogens with one attached hydrogen (secondary N) is 1. The molecule has 0 aliphatic carbocycles. The highest BCUT2D eigenvalue weighted by molar-refractivity contribution is 9.10. The highest BCUT2D eigenvalue weighted by atomic mass is 79.9. The largest absolute Gasteiger partial charge is 0.306 e. The second-order valence-electron chi connectivity index (χ2n) is 4.07. The molecule has 1 aromatic heterocycles. The molecule has 100 valence electrons. The number of rotatable bonds is 4. The first kappa shape index (κ1) is 14.1. The molecule has 0 fully saturated rings. The first-order valence-corrected chi connectivity index (χ1v) is 6.70. The molecule has 5 heteroatoms. The predicted molar refractivity (Wildman–Crippen MR) is 73.8 cm³/mol. The summed E-state index contributed by atoms with van der Waals surface area (Å²) in [6, 6.07) is 6.00. The molecule has 1 unspecified atom stereocenters. The maximum absolute atomic E-state index is 14.2. The Bertz CT molecular complexity index is 575. The molecule has 0 amide bonds. The van der Waals surface area contributed by atoms with Crippen molar-refractivity contribution >= 4 is 15.9 Å². The minimum Gasteiger partial charge on any atom is -0.306 e. The van der Waals surface area contributed by atoms with Gasteiger partial charge in [0, 0.05) is 11.8 Å². The summed E-state index contributed by atoms with van der Waals surface area (Å²) in [7, 11) is 0. The smallest absolute Gasteiger partial charge is 0.142 e. The van der Waals surface area contributed by atoms with E-state index in [0.29, 0.717) is 22.1 Å². The fraction of sp³-hybridized carbons (Fsp3) is 0.214. The maximum atomic E-state index is 14.2. The highest BCUT2D eigenvalue weighted by Gasteiger charge is 2.19. The van der Waals surface area contributed by atoms with Crippen LogP contribution in [0.3, 0.4) is 0 Å². The van der Waals surface area contributed by atoms with E-state index in [-0.39, 0.29) is 5.82 Å². The standard InChI is InChI=1S/C14H13BrF2N2/c1-2-19-14(9-6-10(16)8-18-7-9)11-4-3-5-12(15)13(11)17/h3-8,14,19H,2H2,1H3. The average Bonchev–Trinajstić information content (AvgIpc) is 2.40. The number of hydrogen-bond donors (Lipinski definition) is 1. The lowest BCUT2D eigenvalue weighted by atomic mass is 9.99. The number of benzene rings is 1. The van der Waals surface area contributed by atoms with Crippen LogP contribution in [0.5, 0.6) is 0 Å². The Morgan fingerprint density at radius 3 is 2.79 bits per heavy atom. The van der Waals surface area contributed by atoms with Crippen molar-refractivity contribution in [2.75, 3.05) is 6.54 Å². The van der Waals surface area contributed by atoms with Crippen LogP contribution >= 0.6 is 15.9 Å². The van der Waals surface area contributed by atoms with Gasteiger partial charge in [0.05, 0.1) is 16.7 Å². The first-order chi connectivity index (χ1) is 9.13. The van der Waals surface area contributed by atoms with Crippen LogP contribution in [0, 0.1) is 11.6 Å². The zero-order valence-corrected chi connectivity index (χ0v) is 11.9. The van der Waals surface area contributed by atoms with Gasteiger partial charge in [-0.15, -0.1) is 0 Å². The van der Waals surface area contributed by atoms with Gasteiger partial charge in [-0.2, -0.15) is 0 Å². The van der Waals surface area contributed by atoms with Crippen LogP contribution in [0.25, 0.3) is 0 Å². The van der Waals surface area contributed by atoms with Gasteiger partial charge in [-0.1, -0.05) is 19.1 Å². The second-order valence-corrected chi connectivity index (χ2v) is 4.92. The van der Waals surface area contributed by atoms with Crippen LogP contribution in [0.2, 0.25) is 0 Å². The Balaban J connectivity index is 2.48. The molecule has 0 spiro atoms. The molecule has 0 radical (unpaired) electrons. The molecule has 0 aliphatic rings. The summed E-state index contributed by atoms with van der Waals surface area (Å²) in [4.78, 5) is 3.82. The molecule has 1 heterocycles. The summed E-state index contributed by atoms with van der Waals surface area (Å²) < 4.78 is 27.8. The van der Waals surface area contributed by atoms with E-state index in [1.165, 1.54) is 12.3 Å². The molecule has 0 saturated heterocycles. The Morgan fingerprint density at radius 1 is 1.32 bits per heavy atom. The zero-order chi connectivity index (χ0) is 13.8. The summed E-state index contributed by atoms with van der Waals surface area (Å²) in [6.07, 6.45) is 2.67. The normalized spacial score (nSPS) is 12.4. The van der Waals surface area contributed by atoms with Crippen molar-refractivity contribution in [3.05, 3.63) is 63.9 Å². The van der Waals surface area contributed by atoms with Crippen LogP contribution in [0.15, 0.2) is 41.1 Å². The quantitative estimate of drug-likeness (QED) is 0.923. The van der Waals surface area contributed by atoms with Crippen molar-refractivity contribution < 1.29 is 8.78 Å². The van der Waals surface area contributed by atoms with Gasteiger partial charge in [0.25, 0.3) is 0 Å². The number of nitrogens with zero attached hydrogens (tertiary/aromatic N) is 1. The topological polar surface area (TPSA) is 24.9 Å². The molecule has 2 aromatic rings. The lowest BCUT2D eigenvalue weighted by molar-refractivity contribution is 0.549. The summed E-state index contributed by atoms with van der Waals surface area (Å²) in [5.41, 5.74) is 1.06. The minimum atomic E-state index is -0.434. The fourth-order valence-electron chi connectivity index (χ4n) is 1.94. The Kier molecular flexibility index (Phi) is 4.61. The van der Waals surface area contributed by atoms with Gasteiger partial charge in [0.2, 0.25) is 0 Å². The van der Waals surface area contributed by atoms with Gasteiger partial charge in [-0.05, 0) is 40.2 Å². The Hall–Kier alpha value is -1.33. The predicted octanol–water partition coefficient (Wildman–Crippen LogP) is 3.82. The van der Waals surface area contributed by atoms with Crippen LogP contribution in [0.4, 0.5) is 8.78 Å². The Morgan fingerprint density at radius 2 is 2.11 bits per heavy atom. The lowest BCUT2D eigenvalue weighted by Gasteiger charge is -2.19. The van der Waals surface area contributed by atoms with Crippen LogP contribution < -0.4 is 5.32 Å². The number of hydrogen-bond acceptors (Lipinski definition) is 2. The van der Waals surface area contributed by atoms with Gasteiger partial charge in [-0.3, -0.25) is 4.98 Å². The van der Waals surface area contributed by atoms with Gasteiger partial charge in [0.1, 0.15) is 11.6 Å². The molecule has 19 heavy (non-hydrogen) atoms. The van der Waals surface area contributed by atoms with E-state index in [9.17, 15) is 8.78 Å². The monoisotopic (exact) mass is 326 g/mol. The van der Waals surface area contributed by atoms with E-state index < -0.39 is 11.9 Å². The van der Waals surface area contributed by atoms with Crippen molar-refractivity contribution in [1.82, 2.24) is 10.3 Å². The van der Waals surface area contributed by atoms with Crippen molar-refractivity contribution in [2.45, 2.75) is 13.0 Å². The maximum Gasteiger partial charge on any atom is 0.142 e. The van der Waals surface area contributed by atoms with E-state index in [1.54, 1.807) is 18.2 Å². The number of aromatic nitrogens is 1. The van der Waals surface area contributed by atoms with Gasteiger partial charge in [0.15, 0.2) is 0 Å². The molecule has 0 bridgehead atoms. The zero-order valence-electron chi connectivity index (χ0n) is 10.3. The summed E-state index contributed by atoms with van der Waals surface area (Å²) in [6.45, 7) is 2.54. The molecule has 0 aliphatic heterocycles. The molecule has 0 saturated carbocycles.